The van der Waals surface area contributed by atoms with Crippen LogP contribution in [0.15, 0.2) is 61.2 Å². The summed E-state index contributed by atoms with van der Waals surface area (Å²) < 4.78 is 13.0. The van der Waals surface area contributed by atoms with Crippen molar-refractivity contribution in [3.8, 4) is 11.1 Å². The Labute approximate surface area is 200 Å². The lowest BCUT2D eigenvalue weighted by molar-refractivity contribution is -0.0432. The molecule has 1 amide bonds. The lowest BCUT2D eigenvalue weighted by Crippen LogP contribution is -2.24. The van der Waals surface area contributed by atoms with Gasteiger partial charge in [0.1, 0.15) is 25.3 Å². The lowest BCUT2D eigenvalue weighted by Gasteiger charge is -2.15. The molecule has 10 heteroatoms. The van der Waals surface area contributed by atoms with Crippen molar-refractivity contribution in [1.29, 1.82) is 0 Å². The summed E-state index contributed by atoms with van der Waals surface area (Å²) in [5, 5.41) is 22.1. The molecule has 6 rings (SSSR count). The molecule has 0 radical (unpaired) electrons. The number of carbonyl (C=O) groups is 1. The molecule has 1 aliphatic carbocycles. The number of anilines is 1. The molecule has 3 N–H and O–H groups in total. The van der Waals surface area contributed by atoms with Gasteiger partial charge in [-0.25, -0.2) is 19.7 Å². The molecule has 4 aromatic rings. The maximum Gasteiger partial charge on any atom is 0.412 e. The van der Waals surface area contributed by atoms with Crippen LogP contribution in [0.1, 0.15) is 29.7 Å². The van der Waals surface area contributed by atoms with E-state index in [1.807, 2.05) is 24.3 Å². The topological polar surface area (TPSA) is 132 Å². The van der Waals surface area contributed by atoms with Crippen LogP contribution in [0.25, 0.3) is 22.3 Å². The van der Waals surface area contributed by atoms with Gasteiger partial charge in [0.05, 0.1) is 19.0 Å². The summed E-state index contributed by atoms with van der Waals surface area (Å²) in [4.78, 5) is 25.5. The third kappa shape index (κ3) is 3.72. The number of nitrogens with zero attached hydrogens (tertiary/aromatic N) is 4. The first-order chi connectivity index (χ1) is 17.1. The molecule has 0 bridgehead atoms. The van der Waals surface area contributed by atoms with Crippen LogP contribution in [0.3, 0.4) is 0 Å². The summed E-state index contributed by atoms with van der Waals surface area (Å²) >= 11 is 0. The highest BCUT2D eigenvalue weighted by atomic mass is 16.6. The molecule has 1 saturated heterocycles. The van der Waals surface area contributed by atoms with Gasteiger partial charge in [0.15, 0.2) is 17.0 Å². The molecule has 0 spiro atoms. The third-order valence-electron chi connectivity index (χ3n) is 6.62. The average molecular weight is 473 g/mol. The number of fused-ring (bicyclic) bond motifs is 4. The van der Waals surface area contributed by atoms with Crippen LogP contribution >= 0.6 is 0 Å². The quantitative estimate of drug-likeness (QED) is 0.403. The van der Waals surface area contributed by atoms with E-state index in [9.17, 15) is 15.0 Å². The predicted molar refractivity (Wildman–Crippen MR) is 126 cm³/mol. The summed E-state index contributed by atoms with van der Waals surface area (Å²) in [6, 6.07) is 16.3. The van der Waals surface area contributed by atoms with E-state index >= 15 is 0 Å². The minimum Gasteiger partial charge on any atom is -0.448 e. The van der Waals surface area contributed by atoms with Crippen LogP contribution in [-0.2, 0) is 9.47 Å². The zero-order valence-electron chi connectivity index (χ0n) is 18.6. The van der Waals surface area contributed by atoms with Crippen molar-refractivity contribution >= 4 is 23.1 Å². The Hall–Kier alpha value is -3.86. The van der Waals surface area contributed by atoms with Gasteiger partial charge in [-0.15, -0.1) is 0 Å². The molecule has 178 valence electrons. The molecule has 2 aromatic heterocycles. The summed E-state index contributed by atoms with van der Waals surface area (Å²) in [6.45, 7) is -0.104. The molecule has 1 fully saturated rings. The van der Waals surface area contributed by atoms with E-state index in [0.29, 0.717) is 11.2 Å². The maximum absolute atomic E-state index is 12.7. The van der Waals surface area contributed by atoms with E-state index in [1.165, 1.54) is 12.7 Å². The van der Waals surface area contributed by atoms with Gasteiger partial charge in [0.25, 0.3) is 0 Å². The number of imidazole rings is 1. The summed E-state index contributed by atoms with van der Waals surface area (Å²) in [7, 11) is 0. The summed E-state index contributed by atoms with van der Waals surface area (Å²) in [5.41, 5.74) is 5.37. The van der Waals surface area contributed by atoms with Gasteiger partial charge < -0.3 is 19.7 Å². The Balaban J connectivity index is 1.18. The molecule has 0 saturated carbocycles. The number of aromatic nitrogens is 4. The monoisotopic (exact) mass is 473 g/mol. The Morgan fingerprint density at radius 3 is 2.49 bits per heavy atom. The first-order valence-corrected chi connectivity index (χ1v) is 11.4. The second-order valence-corrected chi connectivity index (χ2v) is 8.61. The molecule has 3 unspecified atom stereocenters. The van der Waals surface area contributed by atoms with E-state index in [0.717, 1.165) is 22.3 Å². The van der Waals surface area contributed by atoms with Crippen LogP contribution in [-0.4, -0.2) is 61.2 Å². The standard InChI is InChI=1S/C25H23N5O5/c31-10-20-19(32)9-21(35-20)30-13-28-22-23(26-12-27-24(22)30)29-25(33)34-11-18-16-7-3-1-5-14(16)15-6-2-4-8-17(15)18/h1-8,12-13,18-21,31-32H,9-11H2,(H,26,27,29,33). The van der Waals surface area contributed by atoms with Gasteiger partial charge in [-0.05, 0) is 22.3 Å². The van der Waals surface area contributed by atoms with E-state index < -0.39 is 24.5 Å². The van der Waals surface area contributed by atoms with Gasteiger partial charge in [0, 0.05) is 12.3 Å². The number of hydrogen-bond acceptors (Lipinski definition) is 8. The number of ether oxygens (including phenoxy) is 2. The molecule has 2 aromatic carbocycles. The number of carbonyl (C=O) groups excluding carboxylic acids is 1. The molecule has 3 heterocycles. The largest absolute Gasteiger partial charge is 0.448 e. The fourth-order valence-electron chi connectivity index (χ4n) is 4.94. The predicted octanol–water partition coefficient (Wildman–Crippen LogP) is 2.83. The van der Waals surface area contributed by atoms with Crippen molar-refractivity contribution in [2.75, 3.05) is 18.5 Å². The molecule has 35 heavy (non-hydrogen) atoms. The van der Waals surface area contributed by atoms with Gasteiger partial charge >= 0.3 is 6.09 Å². The Morgan fingerprint density at radius 1 is 1.09 bits per heavy atom. The van der Waals surface area contributed by atoms with Crippen LogP contribution in [0.2, 0.25) is 0 Å². The zero-order chi connectivity index (χ0) is 23.9. The summed E-state index contributed by atoms with van der Waals surface area (Å²) in [5.74, 6) is 0.159. The minimum atomic E-state index is -0.789. The number of amides is 1. The van der Waals surface area contributed by atoms with E-state index in [4.69, 9.17) is 9.47 Å². The maximum atomic E-state index is 12.7. The van der Waals surface area contributed by atoms with Crippen LogP contribution in [0.4, 0.5) is 10.6 Å². The van der Waals surface area contributed by atoms with Gasteiger partial charge in [-0.2, -0.15) is 0 Å². The van der Waals surface area contributed by atoms with Crippen LogP contribution in [0, 0.1) is 0 Å². The number of hydrogen-bond donors (Lipinski definition) is 3. The van der Waals surface area contributed by atoms with Gasteiger partial charge in [-0.1, -0.05) is 48.5 Å². The Bertz CT molecular complexity index is 1360. The molecule has 3 atom stereocenters. The molecular formula is C25H23N5O5. The van der Waals surface area contributed by atoms with Crippen molar-refractivity contribution in [2.24, 2.45) is 0 Å². The first kappa shape index (κ1) is 21.7. The fraction of sp³-hybridized carbons (Fsp3) is 0.280. The van der Waals surface area contributed by atoms with Crippen molar-refractivity contribution in [3.05, 3.63) is 72.3 Å². The summed E-state index contributed by atoms with van der Waals surface area (Å²) in [6.07, 6.45) is 0.475. The fourth-order valence-corrected chi connectivity index (χ4v) is 4.94. The minimum absolute atomic E-state index is 0.0526. The van der Waals surface area contributed by atoms with E-state index in [-0.39, 0.29) is 31.4 Å². The Kier molecular flexibility index (Phi) is 5.40. The normalized spacial score (nSPS) is 21.1. The van der Waals surface area contributed by atoms with Crippen molar-refractivity contribution in [1.82, 2.24) is 19.5 Å². The molecule has 10 nitrogen and oxygen atoms in total. The van der Waals surface area contributed by atoms with Crippen molar-refractivity contribution in [3.63, 3.8) is 0 Å². The van der Waals surface area contributed by atoms with Crippen molar-refractivity contribution in [2.45, 2.75) is 30.8 Å². The van der Waals surface area contributed by atoms with E-state index in [1.54, 1.807) is 4.57 Å². The average Bonchev–Trinajstić information content (AvgIpc) is 3.56. The lowest BCUT2D eigenvalue weighted by atomic mass is 9.98. The highest BCUT2D eigenvalue weighted by Gasteiger charge is 2.35. The number of benzene rings is 2. The van der Waals surface area contributed by atoms with Gasteiger partial charge in [-0.3, -0.25) is 9.88 Å². The highest BCUT2D eigenvalue weighted by Crippen LogP contribution is 2.44. The van der Waals surface area contributed by atoms with Gasteiger partial charge in [0.2, 0.25) is 0 Å². The van der Waals surface area contributed by atoms with Crippen LogP contribution in [0.5, 0.6) is 0 Å². The van der Waals surface area contributed by atoms with E-state index in [2.05, 4.69) is 44.5 Å². The molecule has 2 aliphatic rings. The SMILES string of the molecule is O=C(Nc1ncnc2c1ncn2C1CC(O)C(CO)O1)OCC1c2ccccc2-c2ccccc21. The molecular weight excluding hydrogens is 450 g/mol. The number of nitrogens with one attached hydrogen (secondary N) is 1. The Morgan fingerprint density at radius 2 is 1.80 bits per heavy atom. The smallest absolute Gasteiger partial charge is 0.412 e. The van der Waals surface area contributed by atoms with Crippen molar-refractivity contribution < 1.29 is 24.5 Å². The van der Waals surface area contributed by atoms with Crippen LogP contribution < -0.4 is 5.32 Å². The number of aliphatic hydroxyl groups is 2. The number of aliphatic hydroxyl groups excluding tert-OH is 2. The number of rotatable bonds is 5. The first-order valence-electron chi connectivity index (χ1n) is 11.4. The molecule has 1 aliphatic heterocycles. The second kappa shape index (κ2) is 8.73. The second-order valence-electron chi connectivity index (χ2n) is 8.61. The zero-order valence-corrected chi connectivity index (χ0v) is 18.6. The third-order valence-corrected chi connectivity index (χ3v) is 6.62. The highest BCUT2D eigenvalue weighted by molar-refractivity contribution is 5.93.